The SMILES string of the molecule is CCC(C)(Nc1ccc(OC)c(OC)c1)c1nnnn1-c1ccc(OC)cc1. The van der Waals surface area contributed by atoms with Crippen molar-refractivity contribution in [3.63, 3.8) is 0 Å². The Balaban J connectivity index is 1.95. The van der Waals surface area contributed by atoms with Gasteiger partial charge in [0.2, 0.25) is 0 Å². The summed E-state index contributed by atoms with van der Waals surface area (Å²) in [6.45, 7) is 4.15. The van der Waals surface area contributed by atoms with E-state index >= 15 is 0 Å². The number of aromatic nitrogens is 4. The van der Waals surface area contributed by atoms with E-state index in [-0.39, 0.29) is 0 Å². The molecule has 0 amide bonds. The molecular weight excluding hydrogens is 358 g/mol. The van der Waals surface area contributed by atoms with Gasteiger partial charge in [-0.2, -0.15) is 4.68 Å². The smallest absolute Gasteiger partial charge is 0.181 e. The molecule has 3 rings (SSSR count). The number of ether oxygens (including phenoxy) is 3. The monoisotopic (exact) mass is 383 g/mol. The molecule has 1 N–H and O–H groups in total. The van der Waals surface area contributed by atoms with E-state index in [4.69, 9.17) is 14.2 Å². The number of anilines is 1. The van der Waals surface area contributed by atoms with E-state index in [0.29, 0.717) is 17.3 Å². The van der Waals surface area contributed by atoms with E-state index in [0.717, 1.165) is 23.5 Å². The van der Waals surface area contributed by atoms with Gasteiger partial charge in [-0.15, -0.1) is 5.10 Å². The molecule has 1 atom stereocenters. The van der Waals surface area contributed by atoms with E-state index < -0.39 is 5.54 Å². The molecule has 0 aliphatic carbocycles. The molecule has 8 heteroatoms. The van der Waals surface area contributed by atoms with E-state index in [1.54, 1.807) is 26.0 Å². The number of hydrogen-bond donors (Lipinski definition) is 1. The highest BCUT2D eigenvalue weighted by atomic mass is 16.5. The summed E-state index contributed by atoms with van der Waals surface area (Å²) in [6.07, 6.45) is 0.762. The molecule has 1 heterocycles. The quantitative estimate of drug-likeness (QED) is 0.638. The number of hydrogen-bond acceptors (Lipinski definition) is 7. The first kappa shape index (κ1) is 19.5. The van der Waals surface area contributed by atoms with E-state index in [1.165, 1.54) is 0 Å². The fraction of sp³-hybridized carbons (Fsp3) is 0.350. The minimum atomic E-state index is -0.511. The van der Waals surface area contributed by atoms with Crippen molar-refractivity contribution in [2.45, 2.75) is 25.8 Å². The van der Waals surface area contributed by atoms with Crippen molar-refractivity contribution in [3.8, 4) is 22.9 Å². The van der Waals surface area contributed by atoms with Crippen LogP contribution in [0, 0.1) is 0 Å². The lowest BCUT2D eigenvalue weighted by Crippen LogP contribution is -2.34. The van der Waals surface area contributed by atoms with Crippen molar-refractivity contribution in [1.82, 2.24) is 20.2 Å². The van der Waals surface area contributed by atoms with E-state index in [9.17, 15) is 0 Å². The van der Waals surface area contributed by atoms with E-state index in [2.05, 4.69) is 34.7 Å². The molecular formula is C20H25N5O3. The Morgan fingerprint density at radius 3 is 2.29 bits per heavy atom. The zero-order chi connectivity index (χ0) is 20.1. The molecule has 0 aliphatic rings. The summed E-state index contributed by atoms with van der Waals surface area (Å²) < 4.78 is 17.7. The lowest BCUT2D eigenvalue weighted by Gasteiger charge is -2.29. The Bertz CT molecular complexity index is 926. The van der Waals surface area contributed by atoms with Crippen LogP contribution in [0.2, 0.25) is 0 Å². The van der Waals surface area contributed by atoms with E-state index in [1.807, 2.05) is 42.5 Å². The minimum Gasteiger partial charge on any atom is -0.497 e. The van der Waals surface area contributed by atoms with Crippen molar-refractivity contribution in [3.05, 3.63) is 48.3 Å². The maximum absolute atomic E-state index is 5.41. The number of rotatable bonds is 8. The third-order valence-electron chi connectivity index (χ3n) is 4.79. The summed E-state index contributed by atoms with van der Waals surface area (Å²) in [4.78, 5) is 0. The predicted octanol–water partition coefficient (Wildman–Crippen LogP) is 3.43. The Morgan fingerprint density at radius 1 is 0.964 bits per heavy atom. The number of nitrogens with zero attached hydrogens (tertiary/aromatic N) is 4. The highest BCUT2D eigenvalue weighted by Gasteiger charge is 2.32. The van der Waals surface area contributed by atoms with Crippen LogP contribution >= 0.6 is 0 Å². The van der Waals surface area contributed by atoms with Gasteiger partial charge < -0.3 is 19.5 Å². The zero-order valence-electron chi connectivity index (χ0n) is 16.8. The molecule has 148 valence electrons. The van der Waals surface area contributed by atoms with Crippen molar-refractivity contribution in [1.29, 1.82) is 0 Å². The highest BCUT2D eigenvalue weighted by Crippen LogP contribution is 2.34. The summed E-state index contributed by atoms with van der Waals surface area (Å²) >= 11 is 0. The largest absolute Gasteiger partial charge is 0.497 e. The van der Waals surface area contributed by atoms with Crippen molar-refractivity contribution < 1.29 is 14.2 Å². The van der Waals surface area contributed by atoms with Crippen molar-refractivity contribution >= 4 is 5.69 Å². The maximum Gasteiger partial charge on any atom is 0.181 e. The van der Waals surface area contributed by atoms with Crippen LogP contribution in [0.15, 0.2) is 42.5 Å². The Labute approximate surface area is 164 Å². The second-order valence-electron chi connectivity index (χ2n) is 6.49. The molecule has 0 fully saturated rings. The predicted molar refractivity (Wildman–Crippen MR) is 107 cm³/mol. The molecule has 3 aromatic rings. The first-order chi connectivity index (χ1) is 13.5. The molecule has 8 nitrogen and oxygen atoms in total. The van der Waals surface area contributed by atoms with Crippen LogP contribution < -0.4 is 19.5 Å². The molecule has 0 spiro atoms. The third kappa shape index (κ3) is 3.71. The number of tetrazole rings is 1. The first-order valence-electron chi connectivity index (χ1n) is 8.98. The van der Waals surface area contributed by atoms with Gasteiger partial charge in [-0.05, 0) is 60.2 Å². The van der Waals surface area contributed by atoms with Gasteiger partial charge in [0.25, 0.3) is 0 Å². The molecule has 0 saturated carbocycles. The summed E-state index contributed by atoms with van der Waals surface area (Å²) in [5.41, 5.74) is 1.23. The van der Waals surface area contributed by atoms with Gasteiger partial charge in [0, 0.05) is 11.8 Å². The molecule has 2 aromatic carbocycles. The summed E-state index contributed by atoms with van der Waals surface area (Å²) in [7, 11) is 4.87. The van der Waals surface area contributed by atoms with Crippen molar-refractivity contribution in [2.75, 3.05) is 26.6 Å². The third-order valence-corrected chi connectivity index (χ3v) is 4.79. The topological polar surface area (TPSA) is 83.3 Å². The lowest BCUT2D eigenvalue weighted by molar-refractivity contribution is 0.355. The maximum atomic E-state index is 5.41. The van der Waals surface area contributed by atoms with Gasteiger partial charge in [-0.25, -0.2) is 0 Å². The van der Waals surface area contributed by atoms with Crippen LogP contribution in [0.5, 0.6) is 17.2 Å². The Morgan fingerprint density at radius 2 is 1.68 bits per heavy atom. The van der Waals surface area contributed by atoms with Crippen LogP contribution in [-0.2, 0) is 5.54 Å². The lowest BCUT2D eigenvalue weighted by atomic mass is 9.97. The second-order valence-corrected chi connectivity index (χ2v) is 6.49. The zero-order valence-corrected chi connectivity index (χ0v) is 16.8. The average molecular weight is 383 g/mol. The van der Waals surface area contributed by atoms with Gasteiger partial charge in [0.1, 0.15) is 5.75 Å². The standard InChI is InChI=1S/C20H25N5O3/c1-6-20(2,21-14-7-12-17(27-4)18(13-14)28-5)19-22-23-24-25(19)15-8-10-16(26-3)11-9-15/h7-13,21H,6H2,1-5H3. The highest BCUT2D eigenvalue weighted by molar-refractivity contribution is 5.56. The first-order valence-corrected chi connectivity index (χ1v) is 8.98. The minimum absolute atomic E-state index is 0.511. The van der Waals surface area contributed by atoms with Crippen LogP contribution in [0.25, 0.3) is 5.69 Å². The van der Waals surface area contributed by atoms with Crippen LogP contribution in [0.3, 0.4) is 0 Å². The molecule has 28 heavy (non-hydrogen) atoms. The molecule has 1 unspecified atom stereocenters. The Hall–Kier alpha value is -3.29. The molecule has 0 saturated heterocycles. The Kier molecular flexibility index (Phi) is 5.67. The van der Waals surface area contributed by atoms with Crippen molar-refractivity contribution in [2.24, 2.45) is 0 Å². The number of nitrogens with one attached hydrogen (secondary N) is 1. The van der Waals surface area contributed by atoms with Crippen LogP contribution in [0.4, 0.5) is 5.69 Å². The van der Waals surface area contributed by atoms with Crippen LogP contribution in [0.1, 0.15) is 26.1 Å². The fourth-order valence-corrected chi connectivity index (χ4v) is 2.96. The van der Waals surface area contributed by atoms with Crippen LogP contribution in [-0.4, -0.2) is 41.5 Å². The molecule has 1 aromatic heterocycles. The second kappa shape index (κ2) is 8.16. The molecule has 0 bridgehead atoms. The van der Waals surface area contributed by atoms with Gasteiger partial charge in [-0.1, -0.05) is 6.92 Å². The van der Waals surface area contributed by atoms with Gasteiger partial charge in [-0.3, -0.25) is 0 Å². The molecule has 0 radical (unpaired) electrons. The average Bonchev–Trinajstić information content (AvgIpc) is 3.24. The molecule has 0 aliphatic heterocycles. The summed E-state index contributed by atoms with van der Waals surface area (Å²) in [5.74, 6) is 2.81. The fourth-order valence-electron chi connectivity index (χ4n) is 2.96. The van der Waals surface area contributed by atoms with Gasteiger partial charge in [0.05, 0.1) is 32.6 Å². The van der Waals surface area contributed by atoms with Gasteiger partial charge >= 0.3 is 0 Å². The van der Waals surface area contributed by atoms with Gasteiger partial charge in [0.15, 0.2) is 17.3 Å². The summed E-state index contributed by atoms with van der Waals surface area (Å²) in [6, 6.07) is 13.3. The summed E-state index contributed by atoms with van der Waals surface area (Å²) in [5, 5.41) is 15.9. The number of benzene rings is 2. The number of methoxy groups -OCH3 is 3. The normalized spacial score (nSPS) is 12.9.